The van der Waals surface area contributed by atoms with E-state index in [1.165, 1.54) is 0 Å². The summed E-state index contributed by atoms with van der Waals surface area (Å²) in [6, 6.07) is 5.81. The number of carbonyl (C=O) groups is 2. The van der Waals surface area contributed by atoms with Crippen LogP contribution < -0.4 is 5.32 Å². The van der Waals surface area contributed by atoms with Crippen LogP contribution in [0.3, 0.4) is 0 Å². The molecule has 0 bridgehead atoms. The van der Waals surface area contributed by atoms with Gasteiger partial charge in [-0.1, -0.05) is 24.4 Å². The van der Waals surface area contributed by atoms with Gasteiger partial charge in [-0.3, -0.25) is 4.98 Å². The van der Waals surface area contributed by atoms with Crippen molar-refractivity contribution in [2.24, 2.45) is 0 Å². The standard InChI is InChI=1S/C10H12N2S.C4H4O4/c1-2-6-12-10(13)8-9-5-3-4-7-11-9;5-3(6)1-2-4(7)8/h2-5,7H,1,6,8H2,(H,12,13);1-2H,(H,5,6)(H,7,8)/b;2-1-. The van der Waals surface area contributed by atoms with E-state index in [4.69, 9.17) is 22.4 Å². The number of carboxylic acids is 2. The maximum absolute atomic E-state index is 9.55. The van der Waals surface area contributed by atoms with E-state index in [2.05, 4.69) is 16.9 Å². The Balaban J connectivity index is 0.000000433. The minimum absolute atomic E-state index is 0.558. The number of hydrogen-bond donors (Lipinski definition) is 3. The number of aromatic nitrogens is 1. The Hall–Kier alpha value is -2.54. The summed E-state index contributed by atoms with van der Waals surface area (Å²) in [5.41, 5.74) is 0.990. The van der Waals surface area contributed by atoms with Crippen molar-refractivity contribution in [3.63, 3.8) is 0 Å². The number of carboxylic acid groups (broad SMARTS) is 2. The van der Waals surface area contributed by atoms with E-state index in [0.29, 0.717) is 25.1 Å². The topological polar surface area (TPSA) is 99.5 Å². The van der Waals surface area contributed by atoms with Crippen molar-refractivity contribution in [2.75, 3.05) is 6.54 Å². The fourth-order valence-electron chi connectivity index (χ4n) is 1.06. The SMILES string of the molecule is C=CCNC(=S)Cc1ccccn1.O=C(O)/C=C\C(=O)O. The number of aliphatic carboxylic acids is 2. The summed E-state index contributed by atoms with van der Waals surface area (Å²) in [7, 11) is 0. The summed E-state index contributed by atoms with van der Waals surface area (Å²) >= 11 is 5.10. The van der Waals surface area contributed by atoms with Crippen LogP contribution in [0.15, 0.2) is 49.2 Å². The second kappa shape index (κ2) is 11.3. The molecule has 7 heteroatoms. The Morgan fingerprint density at radius 3 is 2.33 bits per heavy atom. The fourth-order valence-corrected chi connectivity index (χ4v) is 1.29. The molecular formula is C14H16N2O4S. The highest BCUT2D eigenvalue weighted by Crippen LogP contribution is 1.95. The second-order valence-corrected chi connectivity index (χ2v) is 4.09. The molecule has 3 N–H and O–H groups in total. The van der Waals surface area contributed by atoms with Gasteiger partial charge >= 0.3 is 11.9 Å². The molecule has 0 saturated heterocycles. The van der Waals surface area contributed by atoms with E-state index < -0.39 is 11.9 Å². The predicted octanol–water partition coefficient (Wildman–Crippen LogP) is 1.44. The van der Waals surface area contributed by atoms with Crippen molar-refractivity contribution in [3.8, 4) is 0 Å². The zero-order valence-corrected chi connectivity index (χ0v) is 12.0. The first-order chi connectivity index (χ1) is 9.95. The smallest absolute Gasteiger partial charge is 0.328 e. The van der Waals surface area contributed by atoms with Crippen LogP contribution in [0, 0.1) is 0 Å². The van der Waals surface area contributed by atoms with Gasteiger partial charge in [0.15, 0.2) is 0 Å². The third-order valence-corrected chi connectivity index (χ3v) is 2.17. The molecule has 1 rings (SSSR count). The number of thiocarbonyl (C=S) groups is 1. The van der Waals surface area contributed by atoms with Crippen molar-refractivity contribution in [1.29, 1.82) is 0 Å². The molecule has 0 aromatic carbocycles. The van der Waals surface area contributed by atoms with Crippen LogP contribution in [-0.4, -0.2) is 38.7 Å². The summed E-state index contributed by atoms with van der Waals surface area (Å²) in [4.78, 5) is 24.1. The highest BCUT2D eigenvalue weighted by molar-refractivity contribution is 7.80. The lowest BCUT2D eigenvalue weighted by atomic mass is 10.3. The van der Waals surface area contributed by atoms with Gasteiger partial charge in [0, 0.05) is 37.0 Å². The molecule has 0 amide bonds. The van der Waals surface area contributed by atoms with Crippen molar-refractivity contribution < 1.29 is 19.8 Å². The molecule has 0 aliphatic heterocycles. The monoisotopic (exact) mass is 308 g/mol. The number of nitrogens with one attached hydrogen (secondary N) is 1. The summed E-state index contributed by atoms with van der Waals surface area (Å²) in [6.45, 7) is 4.32. The number of pyridine rings is 1. The Kier molecular flexibility index (Phi) is 9.93. The molecule has 1 aromatic heterocycles. The lowest BCUT2D eigenvalue weighted by Crippen LogP contribution is -2.23. The molecule has 112 valence electrons. The van der Waals surface area contributed by atoms with E-state index in [-0.39, 0.29) is 0 Å². The molecule has 0 atom stereocenters. The third-order valence-electron chi connectivity index (χ3n) is 1.88. The number of nitrogens with zero attached hydrogens (tertiary/aromatic N) is 1. The van der Waals surface area contributed by atoms with Crippen LogP contribution in [0.4, 0.5) is 0 Å². The van der Waals surface area contributed by atoms with Crippen molar-refractivity contribution >= 4 is 29.1 Å². The molecule has 0 radical (unpaired) electrons. The average Bonchev–Trinajstić information content (AvgIpc) is 2.45. The van der Waals surface area contributed by atoms with Gasteiger partial charge in [-0.25, -0.2) is 9.59 Å². The normalized spacial score (nSPS) is 9.33. The zero-order valence-electron chi connectivity index (χ0n) is 11.2. The first-order valence-corrected chi connectivity index (χ1v) is 6.28. The Bertz CT molecular complexity index is 499. The minimum atomic E-state index is -1.26. The van der Waals surface area contributed by atoms with Gasteiger partial charge in [-0.15, -0.1) is 6.58 Å². The Morgan fingerprint density at radius 2 is 1.90 bits per heavy atom. The summed E-state index contributed by atoms with van der Waals surface area (Å²) in [5.74, 6) is -2.51. The maximum Gasteiger partial charge on any atom is 0.328 e. The quantitative estimate of drug-likeness (QED) is 0.415. The van der Waals surface area contributed by atoms with Crippen LogP contribution in [0.5, 0.6) is 0 Å². The molecule has 21 heavy (non-hydrogen) atoms. The molecule has 1 aromatic rings. The van der Waals surface area contributed by atoms with Gasteiger partial charge in [-0.2, -0.15) is 0 Å². The summed E-state index contributed by atoms with van der Waals surface area (Å²) in [5, 5.41) is 18.7. The lowest BCUT2D eigenvalue weighted by Gasteiger charge is -2.03. The van der Waals surface area contributed by atoms with Crippen LogP contribution >= 0.6 is 12.2 Å². The van der Waals surface area contributed by atoms with Gasteiger partial charge in [0.2, 0.25) is 0 Å². The van der Waals surface area contributed by atoms with Crippen molar-refractivity contribution in [2.45, 2.75) is 6.42 Å². The van der Waals surface area contributed by atoms with Gasteiger partial charge in [0.25, 0.3) is 0 Å². The van der Waals surface area contributed by atoms with Crippen LogP contribution in [0.2, 0.25) is 0 Å². The van der Waals surface area contributed by atoms with Gasteiger partial charge in [0.05, 0.1) is 4.99 Å². The predicted molar refractivity (Wildman–Crippen MR) is 83.2 cm³/mol. The minimum Gasteiger partial charge on any atom is -0.478 e. The van der Waals surface area contributed by atoms with Gasteiger partial charge in [0.1, 0.15) is 0 Å². The van der Waals surface area contributed by atoms with Crippen LogP contribution in [0.1, 0.15) is 5.69 Å². The molecule has 6 nitrogen and oxygen atoms in total. The van der Waals surface area contributed by atoms with E-state index in [1.54, 1.807) is 12.3 Å². The third kappa shape index (κ3) is 12.2. The second-order valence-electron chi connectivity index (χ2n) is 3.60. The lowest BCUT2D eigenvalue weighted by molar-refractivity contribution is -0.134. The largest absolute Gasteiger partial charge is 0.478 e. The van der Waals surface area contributed by atoms with Crippen LogP contribution in [-0.2, 0) is 16.0 Å². The number of hydrogen-bond acceptors (Lipinski definition) is 4. The van der Waals surface area contributed by atoms with Crippen molar-refractivity contribution in [3.05, 3.63) is 54.9 Å². The first-order valence-electron chi connectivity index (χ1n) is 5.87. The Labute approximate surface area is 127 Å². The molecule has 0 saturated carbocycles. The first kappa shape index (κ1) is 18.5. The van der Waals surface area contributed by atoms with E-state index in [1.807, 2.05) is 18.2 Å². The summed E-state index contributed by atoms with van der Waals surface area (Å²) < 4.78 is 0. The zero-order chi connectivity index (χ0) is 16.1. The maximum atomic E-state index is 9.55. The fraction of sp³-hybridized carbons (Fsp3) is 0.143. The molecule has 0 fully saturated rings. The Morgan fingerprint density at radius 1 is 1.29 bits per heavy atom. The molecule has 0 aliphatic rings. The molecule has 0 unspecified atom stereocenters. The van der Waals surface area contributed by atoms with Gasteiger partial charge in [-0.05, 0) is 12.1 Å². The molecule has 1 heterocycles. The van der Waals surface area contributed by atoms with E-state index in [0.717, 1.165) is 10.7 Å². The van der Waals surface area contributed by atoms with Crippen molar-refractivity contribution in [1.82, 2.24) is 10.3 Å². The van der Waals surface area contributed by atoms with Gasteiger partial charge < -0.3 is 15.5 Å². The number of rotatable bonds is 6. The molecule has 0 spiro atoms. The highest BCUT2D eigenvalue weighted by Gasteiger charge is 1.97. The van der Waals surface area contributed by atoms with E-state index in [9.17, 15) is 9.59 Å². The average molecular weight is 308 g/mol. The summed E-state index contributed by atoms with van der Waals surface area (Å²) in [6.07, 6.45) is 5.37. The molecule has 0 aliphatic carbocycles. The van der Waals surface area contributed by atoms with Crippen LogP contribution in [0.25, 0.3) is 0 Å². The highest BCUT2D eigenvalue weighted by atomic mass is 32.1. The van der Waals surface area contributed by atoms with E-state index >= 15 is 0 Å². The molecular weight excluding hydrogens is 292 g/mol.